The highest BCUT2D eigenvalue weighted by atomic mass is 19.1. The maximum atomic E-state index is 13.1. The van der Waals surface area contributed by atoms with Gasteiger partial charge in [-0.15, -0.1) is 0 Å². The topological polar surface area (TPSA) is 42.0 Å². The van der Waals surface area contributed by atoms with Crippen molar-refractivity contribution in [2.24, 2.45) is 0 Å². The van der Waals surface area contributed by atoms with E-state index in [1.807, 2.05) is 30.0 Å². The molecule has 1 aliphatic heterocycles. The van der Waals surface area contributed by atoms with Gasteiger partial charge in [-0.1, -0.05) is 13.3 Å². The van der Waals surface area contributed by atoms with Crippen molar-refractivity contribution in [1.82, 2.24) is 4.90 Å². The van der Waals surface area contributed by atoms with Crippen molar-refractivity contribution in [2.75, 3.05) is 44.3 Å². The molecule has 1 fully saturated rings. The molecule has 162 valence electrons. The normalized spacial score (nSPS) is 14.1. The number of benzene rings is 2. The van der Waals surface area contributed by atoms with Gasteiger partial charge in [-0.2, -0.15) is 0 Å². The highest BCUT2D eigenvalue weighted by Crippen LogP contribution is 2.23. The predicted octanol–water partition coefficient (Wildman–Crippen LogP) is 4.50. The van der Waals surface area contributed by atoms with Crippen LogP contribution in [0.3, 0.4) is 0 Å². The van der Waals surface area contributed by atoms with Crippen molar-refractivity contribution in [1.29, 1.82) is 0 Å². The van der Waals surface area contributed by atoms with Crippen molar-refractivity contribution >= 4 is 11.6 Å². The number of rotatable bonds is 9. The van der Waals surface area contributed by atoms with E-state index in [0.717, 1.165) is 42.9 Å². The summed E-state index contributed by atoms with van der Waals surface area (Å²) >= 11 is 0. The smallest absolute Gasteiger partial charge is 0.253 e. The van der Waals surface area contributed by atoms with Crippen LogP contribution in [0, 0.1) is 5.82 Å². The molecule has 0 radical (unpaired) electrons. The fourth-order valence-electron chi connectivity index (χ4n) is 3.55. The number of piperazine rings is 1. The molecule has 0 spiro atoms. The largest absolute Gasteiger partial charge is 0.494 e. The summed E-state index contributed by atoms with van der Waals surface area (Å²) in [5, 5.41) is 0. The summed E-state index contributed by atoms with van der Waals surface area (Å²) < 4.78 is 24.6. The highest BCUT2D eigenvalue weighted by molar-refractivity contribution is 5.94. The fraction of sp³-hybridized carbons (Fsp3) is 0.458. The Hall–Kier alpha value is -2.60. The van der Waals surface area contributed by atoms with Gasteiger partial charge in [0.2, 0.25) is 0 Å². The zero-order valence-corrected chi connectivity index (χ0v) is 17.9. The summed E-state index contributed by atoms with van der Waals surface area (Å²) in [7, 11) is 0. The third kappa shape index (κ3) is 5.72. The fourth-order valence-corrected chi connectivity index (χ4v) is 3.55. The molecule has 0 aromatic heterocycles. The zero-order chi connectivity index (χ0) is 21.3. The Kier molecular flexibility index (Phi) is 8.08. The number of carbonyl (C=O) groups excluding carboxylic acids is 1. The first kappa shape index (κ1) is 22.1. The van der Waals surface area contributed by atoms with Crippen LogP contribution in [0.15, 0.2) is 42.5 Å². The quantitative estimate of drug-likeness (QED) is 0.567. The molecule has 2 aromatic rings. The molecule has 0 N–H and O–H groups in total. The molecule has 0 bridgehead atoms. The minimum absolute atomic E-state index is 0.0200. The number of amides is 1. The minimum atomic E-state index is -0.238. The van der Waals surface area contributed by atoms with Crippen LogP contribution in [0.5, 0.6) is 5.75 Å². The van der Waals surface area contributed by atoms with Gasteiger partial charge in [-0.05, 0) is 55.8 Å². The Morgan fingerprint density at radius 1 is 1.03 bits per heavy atom. The number of hydrogen-bond acceptors (Lipinski definition) is 4. The standard InChI is InChI=1S/C24H31FN2O3/c1-3-5-16-29-18-20-17-19(6-11-23(20)30-4-2)24(28)27-14-12-26(13-15-27)22-9-7-21(25)8-10-22/h6-11,17H,3-5,12-16,18H2,1-2H3. The van der Waals surface area contributed by atoms with E-state index in [9.17, 15) is 9.18 Å². The van der Waals surface area contributed by atoms with Crippen LogP contribution in [0.25, 0.3) is 0 Å². The summed E-state index contributed by atoms with van der Waals surface area (Å²) in [5.74, 6) is 0.552. The monoisotopic (exact) mass is 414 g/mol. The molecule has 0 aliphatic carbocycles. The number of unbranched alkanes of at least 4 members (excludes halogenated alkanes) is 1. The third-order valence-electron chi connectivity index (χ3n) is 5.27. The molecule has 0 atom stereocenters. The minimum Gasteiger partial charge on any atom is -0.494 e. The van der Waals surface area contributed by atoms with E-state index in [2.05, 4.69) is 11.8 Å². The molecule has 1 heterocycles. The third-order valence-corrected chi connectivity index (χ3v) is 5.27. The molecule has 0 unspecified atom stereocenters. The zero-order valence-electron chi connectivity index (χ0n) is 17.9. The Morgan fingerprint density at radius 2 is 1.77 bits per heavy atom. The number of anilines is 1. The van der Waals surface area contributed by atoms with Gasteiger partial charge < -0.3 is 19.3 Å². The van der Waals surface area contributed by atoms with Gasteiger partial charge in [-0.3, -0.25) is 4.79 Å². The molecule has 6 heteroatoms. The van der Waals surface area contributed by atoms with Crippen LogP contribution in [0.1, 0.15) is 42.6 Å². The maximum Gasteiger partial charge on any atom is 0.253 e. The molecule has 1 saturated heterocycles. The summed E-state index contributed by atoms with van der Waals surface area (Å²) in [6, 6.07) is 12.1. The van der Waals surface area contributed by atoms with E-state index in [0.29, 0.717) is 38.5 Å². The second-order valence-corrected chi connectivity index (χ2v) is 7.42. The first-order valence-electron chi connectivity index (χ1n) is 10.8. The van der Waals surface area contributed by atoms with Crippen LogP contribution in [0.4, 0.5) is 10.1 Å². The van der Waals surface area contributed by atoms with E-state index in [4.69, 9.17) is 9.47 Å². The maximum absolute atomic E-state index is 13.1. The van der Waals surface area contributed by atoms with Crippen LogP contribution in [0.2, 0.25) is 0 Å². The van der Waals surface area contributed by atoms with Crippen molar-refractivity contribution in [3.05, 3.63) is 59.4 Å². The van der Waals surface area contributed by atoms with E-state index >= 15 is 0 Å². The molecular weight excluding hydrogens is 383 g/mol. The molecule has 1 amide bonds. The number of ether oxygens (including phenoxy) is 2. The van der Waals surface area contributed by atoms with Gasteiger partial charge in [0.1, 0.15) is 11.6 Å². The summed E-state index contributed by atoms with van der Waals surface area (Å²) in [4.78, 5) is 17.1. The van der Waals surface area contributed by atoms with Crippen molar-refractivity contribution in [3.63, 3.8) is 0 Å². The van der Waals surface area contributed by atoms with Gasteiger partial charge >= 0.3 is 0 Å². The Balaban J connectivity index is 1.63. The lowest BCUT2D eigenvalue weighted by Gasteiger charge is -2.36. The number of nitrogens with zero attached hydrogens (tertiary/aromatic N) is 2. The van der Waals surface area contributed by atoms with E-state index in [-0.39, 0.29) is 11.7 Å². The second-order valence-electron chi connectivity index (χ2n) is 7.42. The van der Waals surface area contributed by atoms with Gasteiger partial charge in [-0.25, -0.2) is 4.39 Å². The summed E-state index contributed by atoms with van der Waals surface area (Å²) in [6.45, 7) is 8.49. The van der Waals surface area contributed by atoms with Gasteiger partial charge in [0.25, 0.3) is 5.91 Å². The first-order chi connectivity index (χ1) is 14.6. The van der Waals surface area contributed by atoms with E-state index in [1.54, 1.807) is 12.1 Å². The Labute approximate surface area is 178 Å². The average molecular weight is 415 g/mol. The van der Waals surface area contributed by atoms with Crippen molar-refractivity contribution in [2.45, 2.75) is 33.3 Å². The number of hydrogen-bond donors (Lipinski definition) is 0. The number of halogens is 1. The SMILES string of the molecule is CCCCOCc1cc(C(=O)N2CCN(c3ccc(F)cc3)CC2)ccc1OCC. The average Bonchev–Trinajstić information content (AvgIpc) is 2.78. The Morgan fingerprint density at radius 3 is 2.43 bits per heavy atom. The molecule has 0 saturated carbocycles. The molecule has 5 nitrogen and oxygen atoms in total. The Bertz CT molecular complexity index is 818. The predicted molar refractivity (Wildman–Crippen MR) is 117 cm³/mol. The summed E-state index contributed by atoms with van der Waals surface area (Å²) in [6.07, 6.45) is 2.10. The molecule has 1 aliphatic rings. The lowest BCUT2D eigenvalue weighted by Crippen LogP contribution is -2.48. The lowest BCUT2D eigenvalue weighted by atomic mass is 10.1. The van der Waals surface area contributed by atoms with Crippen LogP contribution < -0.4 is 9.64 Å². The molecule has 3 rings (SSSR count). The van der Waals surface area contributed by atoms with Gasteiger partial charge in [0, 0.05) is 49.6 Å². The van der Waals surface area contributed by atoms with Crippen LogP contribution in [-0.2, 0) is 11.3 Å². The molecule has 2 aromatic carbocycles. The van der Waals surface area contributed by atoms with E-state index < -0.39 is 0 Å². The van der Waals surface area contributed by atoms with E-state index in [1.165, 1.54) is 12.1 Å². The lowest BCUT2D eigenvalue weighted by molar-refractivity contribution is 0.0746. The molecule has 30 heavy (non-hydrogen) atoms. The van der Waals surface area contributed by atoms with Crippen molar-refractivity contribution < 1.29 is 18.7 Å². The second kappa shape index (κ2) is 11.0. The molecular formula is C24H31FN2O3. The highest BCUT2D eigenvalue weighted by Gasteiger charge is 2.23. The first-order valence-corrected chi connectivity index (χ1v) is 10.8. The summed E-state index contributed by atoms with van der Waals surface area (Å²) in [5.41, 5.74) is 2.54. The number of carbonyl (C=O) groups is 1. The van der Waals surface area contributed by atoms with Crippen LogP contribution in [-0.4, -0.2) is 50.2 Å². The van der Waals surface area contributed by atoms with Gasteiger partial charge in [0.05, 0.1) is 13.2 Å². The van der Waals surface area contributed by atoms with Crippen molar-refractivity contribution in [3.8, 4) is 5.75 Å². The van der Waals surface area contributed by atoms with Gasteiger partial charge in [0.15, 0.2) is 0 Å². The van der Waals surface area contributed by atoms with Crippen LogP contribution >= 0.6 is 0 Å².